The van der Waals surface area contributed by atoms with Gasteiger partial charge in [-0.3, -0.25) is 0 Å². The van der Waals surface area contributed by atoms with Crippen molar-refractivity contribution < 1.29 is 12.8 Å². The third-order valence-corrected chi connectivity index (χ3v) is 4.26. The SMILES string of the molecule is CC(Cc1ccco1)NS(=O)(=O)c1ccc(CN)cn1. The molecule has 0 fully saturated rings. The highest BCUT2D eigenvalue weighted by Crippen LogP contribution is 2.09. The summed E-state index contributed by atoms with van der Waals surface area (Å²) in [6.07, 6.45) is 3.50. The van der Waals surface area contributed by atoms with E-state index in [1.807, 2.05) is 0 Å². The van der Waals surface area contributed by atoms with Crippen molar-refractivity contribution in [3.8, 4) is 0 Å². The van der Waals surface area contributed by atoms with Crippen molar-refractivity contribution in [1.82, 2.24) is 9.71 Å². The second-order valence-electron chi connectivity index (χ2n) is 4.51. The van der Waals surface area contributed by atoms with Crippen molar-refractivity contribution in [2.75, 3.05) is 0 Å². The molecule has 6 nitrogen and oxygen atoms in total. The molecule has 0 aromatic carbocycles. The van der Waals surface area contributed by atoms with Gasteiger partial charge in [0.2, 0.25) is 0 Å². The van der Waals surface area contributed by atoms with E-state index in [1.54, 1.807) is 31.4 Å². The van der Waals surface area contributed by atoms with Crippen LogP contribution in [0.4, 0.5) is 0 Å². The van der Waals surface area contributed by atoms with Gasteiger partial charge in [0, 0.05) is 25.2 Å². The molecule has 0 spiro atoms. The largest absolute Gasteiger partial charge is 0.469 e. The molecule has 2 aromatic rings. The van der Waals surface area contributed by atoms with Crippen molar-refractivity contribution in [2.24, 2.45) is 5.73 Å². The van der Waals surface area contributed by atoms with Crippen molar-refractivity contribution >= 4 is 10.0 Å². The van der Waals surface area contributed by atoms with E-state index in [0.717, 1.165) is 11.3 Å². The van der Waals surface area contributed by atoms with Crippen LogP contribution in [0.2, 0.25) is 0 Å². The first kappa shape index (κ1) is 14.7. The van der Waals surface area contributed by atoms with Crippen molar-refractivity contribution in [3.05, 3.63) is 48.0 Å². The van der Waals surface area contributed by atoms with Crippen LogP contribution in [0.25, 0.3) is 0 Å². The molecule has 0 aliphatic carbocycles. The van der Waals surface area contributed by atoms with Crippen molar-refractivity contribution in [3.63, 3.8) is 0 Å². The van der Waals surface area contributed by atoms with Crippen LogP contribution in [0.15, 0.2) is 46.2 Å². The Hall–Kier alpha value is -1.70. The summed E-state index contributed by atoms with van der Waals surface area (Å²) in [6, 6.07) is 6.38. The van der Waals surface area contributed by atoms with E-state index in [1.165, 1.54) is 12.3 Å². The number of nitrogens with one attached hydrogen (secondary N) is 1. The number of rotatable bonds is 6. The first-order valence-corrected chi connectivity index (χ1v) is 7.69. The molecule has 0 bridgehead atoms. The van der Waals surface area contributed by atoms with E-state index in [9.17, 15) is 8.42 Å². The van der Waals surface area contributed by atoms with E-state index in [4.69, 9.17) is 10.2 Å². The Bertz CT molecular complexity index is 636. The minimum absolute atomic E-state index is 0.0130. The van der Waals surface area contributed by atoms with Gasteiger partial charge in [0.25, 0.3) is 10.0 Å². The van der Waals surface area contributed by atoms with Gasteiger partial charge in [-0.1, -0.05) is 6.07 Å². The standard InChI is InChI=1S/C13H17N3O3S/c1-10(7-12-3-2-6-19-12)16-20(17,18)13-5-4-11(8-14)9-15-13/h2-6,9-10,16H,7-8,14H2,1H3. The Morgan fingerprint density at radius 2 is 2.20 bits per heavy atom. The first-order valence-electron chi connectivity index (χ1n) is 6.21. The second kappa shape index (κ2) is 6.17. The topological polar surface area (TPSA) is 98.2 Å². The highest BCUT2D eigenvalue weighted by molar-refractivity contribution is 7.89. The van der Waals surface area contributed by atoms with Gasteiger partial charge in [-0.05, 0) is 30.7 Å². The predicted molar refractivity (Wildman–Crippen MR) is 74.3 cm³/mol. The maximum absolute atomic E-state index is 12.1. The molecule has 20 heavy (non-hydrogen) atoms. The van der Waals surface area contributed by atoms with E-state index < -0.39 is 10.0 Å². The van der Waals surface area contributed by atoms with Crippen LogP contribution in [0.1, 0.15) is 18.2 Å². The monoisotopic (exact) mass is 295 g/mol. The van der Waals surface area contributed by atoms with Crippen LogP contribution in [-0.2, 0) is 23.0 Å². The lowest BCUT2D eigenvalue weighted by Gasteiger charge is -2.12. The quantitative estimate of drug-likeness (QED) is 0.829. The molecule has 0 radical (unpaired) electrons. The molecule has 3 N–H and O–H groups in total. The van der Waals surface area contributed by atoms with Crippen LogP contribution < -0.4 is 10.5 Å². The molecule has 108 valence electrons. The lowest BCUT2D eigenvalue weighted by atomic mass is 10.2. The van der Waals surface area contributed by atoms with Gasteiger partial charge < -0.3 is 10.2 Å². The molecule has 1 unspecified atom stereocenters. The van der Waals surface area contributed by atoms with Crippen LogP contribution in [0.5, 0.6) is 0 Å². The van der Waals surface area contributed by atoms with Gasteiger partial charge in [-0.15, -0.1) is 0 Å². The van der Waals surface area contributed by atoms with Gasteiger partial charge in [-0.2, -0.15) is 0 Å². The Balaban J connectivity index is 2.05. The lowest BCUT2D eigenvalue weighted by molar-refractivity contribution is 0.478. The van der Waals surface area contributed by atoms with Gasteiger partial charge >= 0.3 is 0 Å². The number of pyridine rings is 1. The van der Waals surface area contributed by atoms with Crippen LogP contribution >= 0.6 is 0 Å². The first-order chi connectivity index (χ1) is 9.51. The average Bonchev–Trinajstić information content (AvgIpc) is 2.91. The zero-order valence-electron chi connectivity index (χ0n) is 11.1. The van der Waals surface area contributed by atoms with Gasteiger partial charge in [0.1, 0.15) is 5.76 Å². The fourth-order valence-electron chi connectivity index (χ4n) is 1.79. The fraction of sp³-hybridized carbons (Fsp3) is 0.308. The van der Waals surface area contributed by atoms with Crippen molar-refractivity contribution in [1.29, 1.82) is 0 Å². The molecule has 1 atom stereocenters. The van der Waals surface area contributed by atoms with Gasteiger partial charge in [0.05, 0.1) is 6.26 Å². The Labute approximate surface area is 118 Å². The summed E-state index contributed by atoms with van der Waals surface area (Å²) in [4.78, 5) is 3.92. The molecule has 2 rings (SSSR count). The van der Waals surface area contributed by atoms with E-state index in [-0.39, 0.29) is 11.1 Å². The van der Waals surface area contributed by atoms with Crippen LogP contribution in [0.3, 0.4) is 0 Å². The summed E-state index contributed by atoms with van der Waals surface area (Å²) >= 11 is 0. The number of hydrogen-bond donors (Lipinski definition) is 2. The van der Waals surface area contributed by atoms with Crippen LogP contribution in [0, 0.1) is 0 Å². The zero-order valence-corrected chi connectivity index (χ0v) is 11.9. The molecule has 2 heterocycles. The smallest absolute Gasteiger partial charge is 0.258 e. The predicted octanol–water partition coefficient (Wildman–Crippen LogP) is 1.04. The molecular weight excluding hydrogens is 278 g/mol. The molecule has 0 saturated heterocycles. The van der Waals surface area contributed by atoms with Gasteiger partial charge in [-0.25, -0.2) is 18.1 Å². The maximum Gasteiger partial charge on any atom is 0.258 e. The molecule has 2 aromatic heterocycles. The third kappa shape index (κ3) is 3.66. The summed E-state index contributed by atoms with van der Waals surface area (Å²) < 4.78 is 32.0. The summed E-state index contributed by atoms with van der Waals surface area (Å²) in [7, 11) is -3.63. The van der Waals surface area contributed by atoms with Crippen molar-refractivity contribution in [2.45, 2.75) is 31.0 Å². The molecule has 0 saturated carbocycles. The normalized spacial score (nSPS) is 13.3. The third-order valence-electron chi connectivity index (χ3n) is 2.75. The summed E-state index contributed by atoms with van der Waals surface area (Å²) in [5.74, 6) is 0.728. The number of nitrogens with zero attached hydrogens (tertiary/aromatic N) is 1. The van der Waals surface area contributed by atoms with Crippen LogP contribution in [-0.4, -0.2) is 19.4 Å². The number of hydrogen-bond acceptors (Lipinski definition) is 5. The number of furan rings is 1. The van der Waals surface area contributed by atoms with E-state index in [0.29, 0.717) is 13.0 Å². The second-order valence-corrected chi connectivity index (χ2v) is 6.18. The molecular formula is C13H17N3O3S. The minimum atomic E-state index is -3.63. The summed E-state index contributed by atoms with van der Waals surface area (Å²) in [5.41, 5.74) is 6.23. The van der Waals surface area contributed by atoms with Gasteiger partial charge in [0.15, 0.2) is 5.03 Å². The average molecular weight is 295 g/mol. The van der Waals surface area contributed by atoms with E-state index in [2.05, 4.69) is 9.71 Å². The molecule has 0 amide bonds. The Kier molecular flexibility index (Phi) is 4.53. The maximum atomic E-state index is 12.1. The summed E-state index contributed by atoms with van der Waals surface area (Å²) in [5, 5.41) is -0.0130. The number of sulfonamides is 1. The zero-order chi connectivity index (χ0) is 14.6. The Morgan fingerprint density at radius 1 is 1.40 bits per heavy atom. The lowest BCUT2D eigenvalue weighted by Crippen LogP contribution is -2.34. The highest BCUT2D eigenvalue weighted by Gasteiger charge is 2.19. The molecule has 0 aliphatic rings. The Morgan fingerprint density at radius 3 is 2.75 bits per heavy atom. The summed E-state index contributed by atoms with van der Waals surface area (Å²) in [6.45, 7) is 2.10. The fourth-order valence-corrected chi connectivity index (χ4v) is 2.96. The highest BCUT2D eigenvalue weighted by atomic mass is 32.2. The minimum Gasteiger partial charge on any atom is -0.469 e. The number of aromatic nitrogens is 1. The van der Waals surface area contributed by atoms with E-state index >= 15 is 0 Å². The molecule has 7 heteroatoms. The molecule has 0 aliphatic heterocycles. The number of nitrogens with two attached hydrogens (primary N) is 1.